The average molecular weight is 416 g/mol. The predicted molar refractivity (Wildman–Crippen MR) is 109 cm³/mol. The van der Waals surface area contributed by atoms with Crippen molar-refractivity contribution in [3.8, 4) is 0 Å². The summed E-state index contributed by atoms with van der Waals surface area (Å²) < 4.78 is 0. The molecule has 1 unspecified atom stereocenters. The van der Waals surface area contributed by atoms with Gasteiger partial charge in [-0.15, -0.1) is 0 Å². The van der Waals surface area contributed by atoms with Gasteiger partial charge in [0.1, 0.15) is 12.1 Å². The Balaban J connectivity index is 1.65. The number of rotatable bonds is 7. The minimum absolute atomic E-state index is 0.101. The molecule has 2 atom stereocenters. The second-order valence-electron chi connectivity index (χ2n) is 7.17. The molecule has 1 saturated heterocycles. The Hall–Kier alpha value is -2.90. The van der Waals surface area contributed by atoms with Crippen molar-refractivity contribution in [2.75, 3.05) is 13.6 Å². The molecule has 2 aromatic carbocycles. The monoisotopic (exact) mass is 415 g/mol. The van der Waals surface area contributed by atoms with Crippen LogP contribution in [0, 0.1) is 0 Å². The Morgan fingerprint density at radius 1 is 1.14 bits per heavy atom. The van der Waals surface area contributed by atoms with Crippen LogP contribution in [0.25, 0.3) is 0 Å². The molecule has 1 heterocycles. The third-order valence-corrected chi connectivity index (χ3v) is 5.26. The number of hydrogen-bond acceptors (Lipinski definition) is 3. The van der Waals surface area contributed by atoms with E-state index >= 15 is 0 Å². The van der Waals surface area contributed by atoms with Gasteiger partial charge < -0.3 is 10.2 Å². The summed E-state index contributed by atoms with van der Waals surface area (Å²) >= 11 is 5.89. The minimum atomic E-state index is -1.17. The number of imide groups is 1. The standard InChI is InChI=1S/C21H23ClN4O3/c1-3-21(16-7-5-4-6-8-16)19(28)26(20(29)23-21)24-18(27)14-25(2)13-15-9-11-17(22)12-10-15/h4-12H,3,13-14H2,1-2H3,(H,23,29)(H,24,27)/p+1/t21-/m1/s1. The summed E-state index contributed by atoms with van der Waals surface area (Å²) in [6.45, 7) is 2.53. The van der Waals surface area contributed by atoms with Gasteiger partial charge in [0.2, 0.25) is 0 Å². The molecular formula is C21H24ClN4O3+. The van der Waals surface area contributed by atoms with Gasteiger partial charge >= 0.3 is 6.03 Å². The zero-order chi connectivity index (χ0) is 21.0. The summed E-state index contributed by atoms with van der Waals surface area (Å²) in [5.74, 6) is -0.903. The van der Waals surface area contributed by atoms with Crippen LogP contribution >= 0.6 is 11.6 Å². The molecule has 0 spiro atoms. The van der Waals surface area contributed by atoms with Crippen molar-refractivity contribution in [1.29, 1.82) is 0 Å². The Bertz CT molecular complexity index is 904. The van der Waals surface area contributed by atoms with Gasteiger partial charge in [-0.05, 0) is 24.1 Å². The largest absolute Gasteiger partial charge is 0.344 e. The molecule has 7 nitrogen and oxygen atoms in total. The van der Waals surface area contributed by atoms with Gasteiger partial charge in [-0.25, -0.2) is 4.79 Å². The summed E-state index contributed by atoms with van der Waals surface area (Å²) in [4.78, 5) is 38.8. The lowest BCUT2D eigenvalue weighted by molar-refractivity contribution is -0.885. The van der Waals surface area contributed by atoms with Crippen molar-refractivity contribution in [3.05, 3.63) is 70.7 Å². The first-order valence-electron chi connectivity index (χ1n) is 9.43. The van der Waals surface area contributed by atoms with Crippen molar-refractivity contribution in [1.82, 2.24) is 15.8 Å². The fraction of sp³-hybridized carbons (Fsp3) is 0.286. The normalized spacial score (nSPS) is 19.8. The summed E-state index contributed by atoms with van der Waals surface area (Å²) in [5.41, 5.74) is 3.00. The van der Waals surface area contributed by atoms with E-state index in [-0.39, 0.29) is 6.54 Å². The lowest BCUT2D eigenvalue weighted by Gasteiger charge is -2.25. The first-order valence-corrected chi connectivity index (χ1v) is 9.81. The number of amides is 4. The topological polar surface area (TPSA) is 83.0 Å². The average Bonchev–Trinajstić information content (AvgIpc) is 2.95. The molecule has 0 aliphatic carbocycles. The Kier molecular flexibility index (Phi) is 6.20. The molecule has 152 valence electrons. The Morgan fingerprint density at radius 3 is 2.41 bits per heavy atom. The van der Waals surface area contributed by atoms with E-state index in [1.807, 2.05) is 44.3 Å². The van der Waals surface area contributed by atoms with E-state index in [0.29, 0.717) is 23.6 Å². The van der Waals surface area contributed by atoms with Crippen molar-refractivity contribution >= 4 is 29.4 Å². The first kappa shape index (κ1) is 20.8. The number of nitrogens with one attached hydrogen (secondary N) is 3. The van der Waals surface area contributed by atoms with E-state index < -0.39 is 23.4 Å². The molecule has 0 aromatic heterocycles. The van der Waals surface area contributed by atoms with Crippen molar-refractivity contribution in [2.24, 2.45) is 0 Å². The van der Waals surface area contributed by atoms with Crippen LogP contribution in [0.2, 0.25) is 5.02 Å². The summed E-state index contributed by atoms with van der Waals surface area (Å²) in [7, 11) is 1.86. The molecule has 3 N–H and O–H groups in total. The molecule has 3 rings (SSSR count). The van der Waals surface area contributed by atoms with Crippen molar-refractivity contribution in [3.63, 3.8) is 0 Å². The van der Waals surface area contributed by atoms with Crippen LogP contribution in [0.4, 0.5) is 4.79 Å². The van der Waals surface area contributed by atoms with Crippen LogP contribution in [0.3, 0.4) is 0 Å². The van der Waals surface area contributed by atoms with E-state index in [1.165, 1.54) is 0 Å². The number of carbonyl (C=O) groups excluding carboxylic acids is 3. The molecule has 0 bridgehead atoms. The molecule has 1 aliphatic rings. The first-order chi connectivity index (χ1) is 13.9. The molecule has 0 radical (unpaired) electrons. The molecule has 4 amide bonds. The maximum Gasteiger partial charge on any atom is 0.344 e. The lowest BCUT2D eigenvalue weighted by Crippen LogP contribution is -3.09. The number of benzene rings is 2. The summed E-state index contributed by atoms with van der Waals surface area (Å²) in [6, 6.07) is 15.8. The molecule has 1 aliphatic heterocycles. The summed E-state index contributed by atoms with van der Waals surface area (Å²) in [6.07, 6.45) is 0.371. The predicted octanol–water partition coefficient (Wildman–Crippen LogP) is 1.24. The van der Waals surface area contributed by atoms with E-state index in [1.54, 1.807) is 24.3 Å². The quantitative estimate of drug-likeness (QED) is 0.595. The number of carbonyl (C=O) groups is 3. The molecule has 8 heteroatoms. The number of likely N-dealkylation sites (N-methyl/N-ethyl adjacent to an activating group) is 1. The highest BCUT2D eigenvalue weighted by Gasteiger charge is 2.52. The Morgan fingerprint density at radius 2 is 1.79 bits per heavy atom. The number of urea groups is 1. The fourth-order valence-electron chi connectivity index (χ4n) is 3.49. The highest BCUT2D eigenvalue weighted by Crippen LogP contribution is 2.31. The van der Waals surface area contributed by atoms with Crippen LogP contribution in [0.5, 0.6) is 0 Å². The zero-order valence-corrected chi connectivity index (χ0v) is 17.1. The van der Waals surface area contributed by atoms with Gasteiger partial charge in [-0.1, -0.05) is 61.0 Å². The van der Waals surface area contributed by atoms with Gasteiger partial charge in [-0.2, -0.15) is 5.01 Å². The van der Waals surface area contributed by atoms with Gasteiger partial charge in [0.15, 0.2) is 6.54 Å². The number of hydrogen-bond donors (Lipinski definition) is 3. The second-order valence-corrected chi connectivity index (χ2v) is 7.60. The number of hydrazine groups is 1. The third kappa shape index (κ3) is 4.41. The molecule has 2 aromatic rings. The number of quaternary nitrogens is 1. The fourth-order valence-corrected chi connectivity index (χ4v) is 3.62. The molecule has 0 saturated carbocycles. The van der Waals surface area contributed by atoms with Crippen LogP contribution < -0.4 is 15.6 Å². The van der Waals surface area contributed by atoms with Crippen LogP contribution in [-0.2, 0) is 21.7 Å². The number of halogens is 1. The second kappa shape index (κ2) is 8.63. The Labute approximate surface area is 174 Å². The third-order valence-electron chi connectivity index (χ3n) is 5.01. The maximum absolute atomic E-state index is 13.0. The van der Waals surface area contributed by atoms with E-state index in [0.717, 1.165) is 15.5 Å². The lowest BCUT2D eigenvalue weighted by atomic mass is 9.87. The van der Waals surface area contributed by atoms with E-state index in [4.69, 9.17) is 11.6 Å². The van der Waals surface area contributed by atoms with Gasteiger partial charge in [0.05, 0.1) is 7.05 Å². The number of nitrogens with zero attached hydrogens (tertiary/aromatic N) is 1. The van der Waals surface area contributed by atoms with Crippen molar-refractivity contribution < 1.29 is 19.3 Å². The van der Waals surface area contributed by atoms with E-state index in [9.17, 15) is 14.4 Å². The molecule has 29 heavy (non-hydrogen) atoms. The van der Waals surface area contributed by atoms with Gasteiger partial charge in [0.25, 0.3) is 11.8 Å². The smallest absolute Gasteiger partial charge is 0.326 e. The van der Waals surface area contributed by atoms with Crippen LogP contribution in [0.15, 0.2) is 54.6 Å². The van der Waals surface area contributed by atoms with Crippen molar-refractivity contribution in [2.45, 2.75) is 25.4 Å². The summed E-state index contributed by atoms with van der Waals surface area (Å²) in [5, 5.41) is 4.18. The van der Waals surface area contributed by atoms with E-state index in [2.05, 4.69) is 10.7 Å². The minimum Gasteiger partial charge on any atom is -0.326 e. The SMILES string of the molecule is CC[C@]1(c2ccccc2)NC(=O)N(NC(=O)C[NH+](C)Cc2ccc(Cl)cc2)C1=O. The van der Waals surface area contributed by atoms with Gasteiger partial charge in [-0.3, -0.25) is 15.0 Å². The van der Waals surface area contributed by atoms with Gasteiger partial charge in [0, 0.05) is 10.6 Å². The highest BCUT2D eigenvalue weighted by atomic mass is 35.5. The highest BCUT2D eigenvalue weighted by molar-refractivity contribution is 6.30. The van der Waals surface area contributed by atoms with Crippen LogP contribution in [0.1, 0.15) is 24.5 Å². The molecule has 1 fully saturated rings. The maximum atomic E-state index is 13.0. The zero-order valence-electron chi connectivity index (χ0n) is 16.4. The molecular weight excluding hydrogens is 392 g/mol. The van der Waals surface area contributed by atoms with Crippen LogP contribution in [-0.4, -0.2) is 36.4 Å².